The molecule has 23 heavy (non-hydrogen) atoms. The number of rotatable bonds is 6. The molecule has 0 heterocycles. The van der Waals surface area contributed by atoms with Crippen LogP contribution in [0.1, 0.15) is 18.1 Å². The van der Waals surface area contributed by atoms with E-state index < -0.39 is 0 Å². The second kappa shape index (κ2) is 8.85. The van der Waals surface area contributed by atoms with Crippen LogP contribution in [0.2, 0.25) is 0 Å². The van der Waals surface area contributed by atoms with Crippen LogP contribution in [0, 0.1) is 5.82 Å². The Labute approximate surface area is 140 Å². The van der Waals surface area contributed by atoms with Crippen molar-refractivity contribution < 1.29 is 9.13 Å². The van der Waals surface area contributed by atoms with Crippen molar-refractivity contribution in [1.29, 1.82) is 0 Å². The lowest BCUT2D eigenvalue weighted by atomic mass is 10.2. The summed E-state index contributed by atoms with van der Waals surface area (Å²) < 4.78 is 18.5. The van der Waals surface area contributed by atoms with Crippen molar-refractivity contribution in [3.8, 4) is 5.75 Å². The predicted molar refractivity (Wildman–Crippen MR) is 94.2 cm³/mol. The molecule has 2 aromatic carbocycles. The SMILES string of the molecule is CCNC(=S)N/N=C\c1cccc(OCc2ccc(F)cc2)c1. The minimum atomic E-state index is -0.255. The van der Waals surface area contributed by atoms with E-state index in [-0.39, 0.29) is 5.82 Å². The number of hydrazone groups is 1. The van der Waals surface area contributed by atoms with Gasteiger partial charge in [-0.3, -0.25) is 5.43 Å². The third-order valence-corrected chi connectivity index (χ3v) is 3.13. The summed E-state index contributed by atoms with van der Waals surface area (Å²) in [6, 6.07) is 13.7. The number of thiocarbonyl (C=S) groups is 1. The summed E-state index contributed by atoms with van der Waals surface area (Å²) in [5.41, 5.74) is 4.52. The molecular formula is C17H18FN3OS. The Hall–Kier alpha value is -2.47. The molecule has 120 valence electrons. The van der Waals surface area contributed by atoms with Crippen LogP contribution in [0.15, 0.2) is 53.6 Å². The van der Waals surface area contributed by atoms with E-state index in [2.05, 4.69) is 15.8 Å². The van der Waals surface area contributed by atoms with E-state index in [4.69, 9.17) is 17.0 Å². The zero-order valence-corrected chi connectivity index (χ0v) is 13.6. The molecule has 0 amide bonds. The highest BCUT2D eigenvalue weighted by molar-refractivity contribution is 7.80. The molecular weight excluding hydrogens is 313 g/mol. The fraction of sp³-hybridized carbons (Fsp3) is 0.176. The molecule has 0 atom stereocenters. The predicted octanol–water partition coefficient (Wildman–Crippen LogP) is 3.22. The molecule has 0 spiro atoms. The molecule has 0 bridgehead atoms. The lowest BCUT2D eigenvalue weighted by Crippen LogP contribution is -2.31. The van der Waals surface area contributed by atoms with Crippen molar-refractivity contribution >= 4 is 23.5 Å². The first-order chi connectivity index (χ1) is 11.2. The van der Waals surface area contributed by atoms with E-state index in [9.17, 15) is 4.39 Å². The maximum absolute atomic E-state index is 12.9. The molecule has 4 nitrogen and oxygen atoms in total. The molecule has 2 aromatic rings. The summed E-state index contributed by atoms with van der Waals surface area (Å²) in [4.78, 5) is 0. The monoisotopic (exact) mass is 331 g/mol. The van der Waals surface area contributed by atoms with Crippen molar-refractivity contribution in [3.05, 3.63) is 65.5 Å². The van der Waals surface area contributed by atoms with Crippen LogP contribution >= 0.6 is 12.2 Å². The van der Waals surface area contributed by atoms with Gasteiger partial charge in [-0.25, -0.2) is 4.39 Å². The Morgan fingerprint density at radius 2 is 2.04 bits per heavy atom. The van der Waals surface area contributed by atoms with Crippen molar-refractivity contribution in [3.63, 3.8) is 0 Å². The third-order valence-electron chi connectivity index (χ3n) is 2.89. The molecule has 0 saturated carbocycles. The van der Waals surface area contributed by atoms with Gasteiger partial charge in [-0.05, 0) is 54.5 Å². The summed E-state index contributed by atoms with van der Waals surface area (Å²) in [6.45, 7) is 3.08. The lowest BCUT2D eigenvalue weighted by Gasteiger charge is -2.07. The zero-order valence-electron chi connectivity index (χ0n) is 12.8. The normalized spacial score (nSPS) is 10.5. The molecule has 0 aliphatic heterocycles. The summed E-state index contributed by atoms with van der Waals surface area (Å²) in [5.74, 6) is 0.461. The van der Waals surface area contributed by atoms with Gasteiger partial charge < -0.3 is 10.1 Å². The standard InChI is InChI=1S/C17H18FN3OS/c1-2-19-17(23)21-20-11-14-4-3-5-16(10-14)22-12-13-6-8-15(18)9-7-13/h3-11H,2,12H2,1H3,(H2,19,21,23)/b20-11-. The van der Waals surface area contributed by atoms with Gasteiger partial charge in [-0.2, -0.15) is 5.10 Å². The van der Waals surface area contributed by atoms with Gasteiger partial charge in [0.2, 0.25) is 0 Å². The summed E-state index contributed by atoms with van der Waals surface area (Å²) in [6.07, 6.45) is 1.66. The minimum Gasteiger partial charge on any atom is -0.489 e. The first-order valence-corrected chi connectivity index (χ1v) is 7.62. The summed E-state index contributed by atoms with van der Waals surface area (Å²) in [7, 11) is 0. The average Bonchev–Trinajstić information content (AvgIpc) is 2.55. The average molecular weight is 331 g/mol. The van der Waals surface area contributed by atoms with Crippen LogP contribution in [0.25, 0.3) is 0 Å². The third kappa shape index (κ3) is 6.04. The van der Waals surface area contributed by atoms with E-state index in [1.807, 2.05) is 31.2 Å². The van der Waals surface area contributed by atoms with Gasteiger partial charge in [-0.15, -0.1) is 0 Å². The van der Waals surface area contributed by atoms with Gasteiger partial charge in [0.15, 0.2) is 5.11 Å². The number of benzene rings is 2. The van der Waals surface area contributed by atoms with Crippen molar-refractivity contribution in [2.75, 3.05) is 6.54 Å². The highest BCUT2D eigenvalue weighted by Gasteiger charge is 1.98. The highest BCUT2D eigenvalue weighted by atomic mass is 32.1. The molecule has 0 aliphatic rings. The first-order valence-electron chi connectivity index (χ1n) is 7.21. The van der Waals surface area contributed by atoms with E-state index in [0.717, 1.165) is 17.7 Å². The van der Waals surface area contributed by atoms with Gasteiger partial charge in [0.1, 0.15) is 18.2 Å². The maximum atomic E-state index is 12.9. The van der Waals surface area contributed by atoms with E-state index in [1.54, 1.807) is 18.3 Å². The highest BCUT2D eigenvalue weighted by Crippen LogP contribution is 2.14. The minimum absolute atomic E-state index is 0.255. The Kier molecular flexibility index (Phi) is 6.50. The molecule has 0 saturated heterocycles. The van der Waals surface area contributed by atoms with Gasteiger partial charge >= 0.3 is 0 Å². The second-order valence-corrected chi connectivity index (χ2v) is 5.13. The number of hydrogen-bond acceptors (Lipinski definition) is 3. The van der Waals surface area contributed by atoms with Crippen LogP contribution < -0.4 is 15.5 Å². The van der Waals surface area contributed by atoms with Crippen LogP contribution in [0.5, 0.6) is 5.75 Å². The van der Waals surface area contributed by atoms with E-state index in [1.165, 1.54) is 12.1 Å². The van der Waals surface area contributed by atoms with Gasteiger partial charge in [-0.1, -0.05) is 24.3 Å². The Morgan fingerprint density at radius 3 is 2.78 bits per heavy atom. The topological polar surface area (TPSA) is 45.7 Å². The van der Waals surface area contributed by atoms with Crippen molar-refractivity contribution in [2.24, 2.45) is 5.10 Å². The Bertz CT molecular complexity index is 674. The Balaban J connectivity index is 1.90. The van der Waals surface area contributed by atoms with E-state index >= 15 is 0 Å². The number of hydrogen-bond donors (Lipinski definition) is 2. The maximum Gasteiger partial charge on any atom is 0.186 e. The number of halogens is 1. The molecule has 0 aliphatic carbocycles. The molecule has 0 radical (unpaired) electrons. The largest absolute Gasteiger partial charge is 0.489 e. The fourth-order valence-corrected chi connectivity index (χ4v) is 1.99. The number of nitrogens with one attached hydrogen (secondary N) is 2. The van der Waals surface area contributed by atoms with E-state index in [0.29, 0.717) is 17.5 Å². The molecule has 2 rings (SSSR count). The van der Waals surface area contributed by atoms with Crippen molar-refractivity contribution in [1.82, 2.24) is 10.7 Å². The molecule has 0 fully saturated rings. The number of nitrogens with zero attached hydrogens (tertiary/aromatic N) is 1. The van der Waals surface area contributed by atoms with Crippen LogP contribution in [0.3, 0.4) is 0 Å². The van der Waals surface area contributed by atoms with Gasteiger partial charge in [0, 0.05) is 6.54 Å². The smallest absolute Gasteiger partial charge is 0.186 e. The zero-order chi connectivity index (χ0) is 16.5. The fourth-order valence-electron chi connectivity index (χ4n) is 1.80. The second-order valence-electron chi connectivity index (χ2n) is 4.72. The summed E-state index contributed by atoms with van der Waals surface area (Å²) >= 11 is 5.01. The first kappa shape index (κ1) is 16.9. The summed E-state index contributed by atoms with van der Waals surface area (Å²) in [5, 5.41) is 7.47. The van der Waals surface area contributed by atoms with Crippen LogP contribution in [-0.4, -0.2) is 17.9 Å². The quantitative estimate of drug-likeness (QED) is 0.485. The molecule has 6 heteroatoms. The van der Waals surface area contributed by atoms with Crippen LogP contribution in [-0.2, 0) is 6.61 Å². The Morgan fingerprint density at radius 1 is 1.26 bits per heavy atom. The number of ether oxygens (including phenoxy) is 1. The molecule has 2 N–H and O–H groups in total. The van der Waals surface area contributed by atoms with Gasteiger partial charge in [0.25, 0.3) is 0 Å². The molecule has 0 unspecified atom stereocenters. The molecule has 0 aromatic heterocycles. The van der Waals surface area contributed by atoms with Gasteiger partial charge in [0.05, 0.1) is 6.21 Å². The van der Waals surface area contributed by atoms with Crippen LogP contribution in [0.4, 0.5) is 4.39 Å². The lowest BCUT2D eigenvalue weighted by molar-refractivity contribution is 0.306. The van der Waals surface area contributed by atoms with Crippen molar-refractivity contribution in [2.45, 2.75) is 13.5 Å².